The van der Waals surface area contributed by atoms with Gasteiger partial charge >= 0.3 is 0 Å². The van der Waals surface area contributed by atoms with E-state index >= 15 is 0 Å². The van der Waals surface area contributed by atoms with Crippen LogP contribution in [0.2, 0.25) is 0 Å². The van der Waals surface area contributed by atoms with Gasteiger partial charge in [0.15, 0.2) is 0 Å². The number of hydrogen-bond acceptors (Lipinski definition) is 2. The number of likely N-dealkylation sites (tertiary alicyclic amines) is 1. The lowest BCUT2D eigenvalue weighted by Gasteiger charge is -2.33. The Bertz CT molecular complexity index is 181. The smallest absolute Gasteiger partial charge is 0.210 e. The highest BCUT2D eigenvalue weighted by Gasteiger charge is 2.38. The zero-order valence-corrected chi connectivity index (χ0v) is 7.20. The summed E-state index contributed by atoms with van der Waals surface area (Å²) in [6, 6.07) is 0. The quantitative estimate of drug-likeness (QED) is 0.493. The van der Waals surface area contributed by atoms with Crippen molar-refractivity contribution in [2.75, 3.05) is 13.2 Å². The van der Waals surface area contributed by atoms with Crippen LogP contribution >= 0.6 is 0 Å². The molecule has 1 saturated heterocycles. The first-order valence-electron chi connectivity index (χ1n) is 4.23. The van der Waals surface area contributed by atoms with Crippen LogP contribution in [-0.2, 0) is 4.79 Å². The van der Waals surface area contributed by atoms with Gasteiger partial charge in [0.25, 0.3) is 0 Å². The van der Waals surface area contributed by atoms with Gasteiger partial charge in [-0.3, -0.25) is 4.79 Å². The zero-order chi connectivity index (χ0) is 9.03. The van der Waals surface area contributed by atoms with Crippen LogP contribution in [0.5, 0.6) is 0 Å². The SMILES string of the molecule is C=CC[C@@]1(CO)CCCN1C=O. The molecule has 68 valence electrons. The molecule has 1 atom stereocenters. The van der Waals surface area contributed by atoms with E-state index in [0.29, 0.717) is 6.42 Å². The van der Waals surface area contributed by atoms with Gasteiger partial charge in [-0.15, -0.1) is 6.58 Å². The highest BCUT2D eigenvalue weighted by molar-refractivity contribution is 5.50. The topological polar surface area (TPSA) is 40.5 Å². The molecule has 1 N–H and O–H groups in total. The average Bonchev–Trinajstić information content (AvgIpc) is 2.49. The maximum atomic E-state index is 10.6. The molecule has 1 heterocycles. The lowest BCUT2D eigenvalue weighted by Crippen LogP contribution is -2.45. The Hall–Kier alpha value is -0.830. The molecule has 3 nitrogen and oxygen atoms in total. The second-order valence-electron chi connectivity index (χ2n) is 3.28. The van der Waals surface area contributed by atoms with Crippen molar-refractivity contribution in [3.8, 4) is 0 Å². The van der Waals surface area contributed by atoms with Crippen LogP contribution in [-0.4, -0.2) is 35.1 Å². The average molecular weight is 169 g/mol. The molecule has 0 aromatic rings. The second kappa shape index (κ2) is 3.72. The van der Waals surface area contributed by atoms with E-state index in [4.69, 9.17) is 0 Å². The summed E-state index contributed by atoms with van der Waals surface area (Å²) in [6.07, 6.45) is 5.13. The molecule has 1 rings (SSSR count). The molecule has 0 aromatic heterocycles. The van der Waals surface area contributed by atoms with E-state index in [9.17, 15) is 9.90 Å². The van der Waals surface area contributed by atoms with Crippen LogP contribution in [0.25, 0.3) is 0 Å². The standard InChI is InChI=1S/C9H15NO2/c1-2-4-9(7-11)5-3-6-10(9)8-12/h2,8,11H,1,3-7H2/t9-/m0/s1. The van der Waals surface area contributed by atoms with Gasteiger partial charge in [-0.2, -0.15) is 0 Å². The van der Waals surface area contributed by atoms with E-state index in [-0.39, 0.29) is 12.1 Å². The molecular formula is C9H15NO2. The molecule has 12 heavy (non-hydrogen) atoms. The molecule has 0 aromatic carbocycles. The maximum absolute atomic E-state index is 10.6. The number of rotatable bonds is 4. The Labute approximate surface area is 72.7 Å². The van der Waals surface area contributed by atoms with Crippen molar-refractivity contribution in [1.29, 1.82) is 0 Å². The molecule has 0 bridgehead atoms. The maximum Gasteiger partial charge on any atom is 0.210 e. The third kappa shape index (κ3) is 1.37. The molecular weight excluding hydrogens is 154 g/mol. The monoisotopic (exact) mass is 169 g/mol. The summed E-state index contributed by atoms with van der Waals surface area (Å²) in [7, 11) is 0. The second-order valence-corrected chi connectivity index (χ2v) is 3.28. The minimum Gasteiger partial charge on any atom is -0.394 e. The van der Waals surface area contributed by atoms with Crippen LogP contribution in [0.3, 0.4) is 0 Å². The molecule has 1 aliphatic rings. The van der Waals surface area contributed by atoms with E-state index in [1.165, 1.54) is 0 Å². The minimum absolute atomic E-state index is 0.0394. The summed E-state index contributed by atoms with van der Waals surface area (Å²) in [4.78, 5) is 12.3. The summed E-state index contributed by atoms with van der Waals surface area (Å²) < 4.78 is 0. The van der Waals surface area contributed by atoms with Crippen LogP contribution in [0.4, 0.5) is 0 Å². The van der Waals surface area contributed by atoms with Crippen molar-refractivity contribution >= 4 is 6.41 Å². The Kier molecular flexibility index (Phi) is 2.87. The van der Waals surface area contributed by atoms with Crippen molar-refractivity contribution in [1.82, 2.24) is 4.90 Å². The summed E-state index contributed by atoms with van der Waals surface area (Å²) in [5.41, 5.74) is -0.344. The normalized spacial score (nSPS) is 28.9. The van der Waals surface area contributed by atoms with E-state index in [2.05, 4.69) is 6.58 Å². The first-order valence-corrected chi connectivity index (χ1v) is 4.23. The Morgan fingerprint density at radius 1 is 1.67 bits per heavy atom. The summed E-state index contributed by atoms with van der Waals surface area (Å²) in [6.45, 7) is 4.43. The van der Waals surface area contributed by atoms with Crippen molar-refractivity contribution < 1.29 is 9.90 Å². The predicted molar refractivity (Wildman–Crippen MR) is 46.6 cm³/mol. The van der Waals surface area contributed by atoms with Crippen LogP contribution in [0.15, 0.2) is 12.7 Å². The van der Waals surface area contributed by atoms with E-state index in [0.717, 1.165) is 25.8 Å². The van der Waals surface area contributed by atoms with E-state index < -0.39 is 0 Å². The van der Waals surface area contributed by atoms with Crippen molar-refractivity contribution in [3.63, 3.8) is 0 Å². The molecule has 0 aliphatic carbocycles. The van der Waals surface area contributed by atoms with Gasteiger partial charge in [0, 0.05) is 6.54 Å². The van der Waals surface area contributed by atoms with Gasteiger partial charge in [-0.1, -0.05) is 6.08 Å². The number of hydrogen-bond donors (Lipinski definition) is 1. The molecule has 1 aliphatic heterocycles. The number of nitrogens with zero attached hydrogens (tertiary/aromatic N) is 1. The Morgan fingerprint density at radius 3 is 2.92 bits per heavy atom. The highest BCUT2D eigenvalue weighted by atomic mass is 16.3. The third-order valence-corrected chi connectivity index (χ3v) is 2.60. The van der Waals surface area contributed by atoms with Gasteiger partial charge in [0.05, 0.1) is 12.1 Å². The largest absolute Gasteiger partial charge is 0.394 e. The summed E-state index contributed by atoms with van der Waals surface area (Å²) >= 11 is 0. The molecule has 0 radical (unpaired) electrons. The fourth-order valence-corrected chi connectivity index (χ4v) is 1.85. The number of carbonyl (C=O) groups excluding carboxylic acids is 1. The molecule has 3 heteroatoms. The number of aliphatic hydroxyl groups is 1. The molecule has 0 saturated carbocycles. The van der Waals surface area contributed by atoms with E-state index in [1.807, 2.05) is 0 Å². The molecule has 1 fully saturated rings. The molecule has 0 spiro atoms. The fraction of sp³-hybridized carbons (Fsp3) is 0.667. The number of carbonyl (C=O) groups is 1. The molecule has 0 unspecified atom stereocenters. The Balaban J connectivity index is 2.74. The number of aliphatic hydroxyl groups excluding tert-OH is 1. The van der Waals surface area contributed by atoms with Gasteiger partial charge < -0.3 is 10.0 Å². The predicted octanol–water partition coefficient (Wildman–Crippen LogP) is 0.546. The zero-order valence-electron chi connectivity index (χ0n) is 7.20. The van der Waals surface area contributed by atoms with Crippen LogP contribution in [0, 0.1) is 0 Å². The first kappa shape index (κ1) is 9.26. The number of amides is 1. The lowest BCUT2D eigenvalue weighted by molar-refractivity contribution is -0.123. The van der Waals surface area contributed by atoms with Gasteiger partial charge in [-0.05, 0) is 19.3 Å². The van der Waals surface area contributed by atoms with Crippen molar-refractivity contribution in [2.45, 2.75) is 24.8 Å². The highest BCUT2D eigenvalue weighted by Crippen LogP contribution is 2.30. The van der Waals surface area contributed by atoms with Crippen molar-refractivity contribution in [2.24, 2.45) is 0 Å². The fourth-order valence-electron chi connectivity index (χ4n) is 1.85. The van der Waals surface area contributed by atoms with Crippen LogP contribution < -0.4 is 0 Å². The first-order chi connectivity index (χ1) is 5.79. The van der Waals surface area contributed by atoms with Gasteiger partial charge in [-0.25, -0.2) is 0 Å². The van der Waals surface area contributed by atoms with Gasteiger partial charge in [0.2, 0.25) is 6.41 Å². The van der Waals surface area contributed by atoms with E-state index in [1.54, 1.807) is 11.0 Å². The Morgan fingerprint density at radius 2 is 2.42 bits per heavy atom. The molecule has 1 amide bonds. The van der Waals surface area contributed by atoms with Crippen LogP contribution in [0.1, 0.15) is 19.3 Å². The minimum atomic E-state index is -0.344. The van der Waals surface area contributed by atoms with Crippen molar-refractivity contribution in [3.05, 3.63) is 12.7 Å². The van der Waals surface area contributed by atoms with Gasteiger partial charge in [0.1, 0.15) is 0 Å². The lowest BCUT2D eigenvalue weighted by atomic mass is 9.93. The summed E-state index contributed by atoms with van der Waals surface area (Å²) in [5.74, 6) is 0. The summed E-state index contributed by atoms with van der Waals surface area (Å²) in [5, 5.41) is 9.20. The third-order valence-electron chi connectivity index (χ3n) is 2.60.